The van der Waals surface area contributed by atoms with Crippen molar-refractivity contribution in [2.45, 2.75) is 26.8 Å². The standard InChI is InChI=1S/C24H28N2O5S/c1-7-31-23(27)21-15(3)26(16-10-8-14(2)9-11-16)24(32)25-22(21)17-12-19(29-5)20(30-6)13-18(17)28-4/h8-13,22H,7H2,1-6H3,(H,25,32). The molecule has 0 bridgehead atoms. The van der Waals surface area contributed by atoms with Gasteiger partial charge in [-0.25, -0.2) is 4.79 Å². The second kappa shape index (κ2) is 9.91. The molecule has 8 heteroatoms. The summed E-state index contributed by atoms with van der Waals surface area (Å²) in [6, 6.07) is 10.8. The third kappa shape index (κ3) is 4.36. The Kier molecular flexibility index (Phi) is 7.25. The number of hydrogen-bond acceptors (Lipinski definition) is 6. The molecular weight excluding hydrogens is 428 g/mol. The van der Waals surface area contributed by atoms with Gasteiger partial charge in [-0.1, -0.05) is 17.7 Å². The van der Waals surface area contributed by atoms with Crippen molar-refractivity contribution in [3.05, 3.63) is 58.8 Å². The van der Waals surface area contributed by atoms with Gasteiger partial charge >= 0.3 is 5.97 Å². The van der Waals surface area contributed by atoms with Gasteiger partial charge in [0, 0.05) is 23.0 Å². The molecule has 1 unspecified atom stereocenters. The van der Waals surface area contributed by atoms with E-state index >= 15 is 0 Å². The van der Waals surface area contributed by atoms with Crippen LogP contribution < -0.4 is 24.4 Å². The Balaban J connectivity index is 2.21. The summed E-state index contributed by atoms with van der Waals surface area (Å²) >= 11 is 5.72. The number of allylic oxidation sites excluding steroid dienone is 1. The minimum atomic E-state index is -0.599. The second-order valence-electron chi connectivity index (χ2n) is 7.22. The first-order valence-corrected chi connectivity index (χ1v) is 10.6. The molecule has 0 fully saturated rings. The normalized spacial score (nSPS) is 15.9. The fraction of sp³-hybridized carbons (Fsp3) is 0.333. The van der Waals surface area contributed by atoms with Crippen molar-refractivity contribution >= 4 is 29.0 Å². The number of carbonyl (C=O) groups is 1. The maximum absolute atomic E-state index is 13.1. The third-order valence-corrected chi connectivity index (χ3v) is 5.62. The average Bonchev–Trinajstić information content (AvgIpc) is 2.79. The number of ether oxygens (including phenoxy) is 4. The summed E-state index contributed by atoms with van der Waals surface area (Å²) in [7, 11) is 4.67. The van der Waals surface area contributed by atoms with Crippen LogP contribution >= 0.6 is 12.2 Å². The summed E-state index contributed by atoms with van der Waals surface area (Å²) in [4.78, 5) is 15.0. The van der Waals surface area contributed by atoms with Gasteiger partial charge in [0.2, 0.25) is 0 Å². The van der Waals surface area contributed by atoms with Crippen LogP contribution in [0.3, 0.4) is 0 Å². The van der Waals surface area contributed by atoms with Crippen LogP contribution in [0.1, 0.15) is 31.0 Å². The van der Waals surface area contributed by atoms with Gasteiger partial charge in [0.1, 0.15) is 5.75 Å². The molecule has 1 atom stereocenters. The van der Waals surface area contributed by atoms with Gasteiger partial charge in [0.25, 0.3) is 0 Å². The van der Waals surface area contributed by atoms with Crippen LogP contribution in [0.4, 0.5) is 5.69 Å². The van der Waals surface area contributed by atoms with Gasteiger partial charge in [-0.15, -0.1) is 0 Å². The predicted molar refractivity (Wildman–Crippen MR) is 128 cm³/mol. The zero-order valence-electron chi connectivity index (χ0n) is 19.1. The number of nitrogens with zero attached hydrogens (tertiary/aromatic N) is 1. The fourth-order valence-electron chi connectivity index (χ4n) is 3.73. The van der Waals surface area contributed by atoms with Crippen LogP contribution in [0.2, 0.25) is 0 Å². The van der Waals surface area contributed by atoms with Crippen molar-refractivity contribution in [1.82, 2.24) is 5.32 Å². The molecule has 0 saturated carbocycles. The van der Waals surface area contributed by atoms with Gasteiger partial charge in [-0.05, 0) is 51.2 Å². The van der Waals surface area contributed by atoms with E-state index in [9.17, 15) is 4.79 Å². The minimum absolute atomic E-state index is 0.250. The van der Waals surface area contributed by atoms with Crippen molar-refractivity contribution < 1.29 is 23.7 Å². The third-order valence-electron chi connectivity index (χ3n) is 5.32. The SMILES string of the molecule is CCOC(=O)C1=C(C)N(c2ccc(C)cc2)C(=S)NC1c1cc(OC)c(OC)cc1OC. The maximum atomic E-state index is 13.1. The van der Waals surface area contributed by atoms with Crippen molar-refractivity contribution in [2.24, 2.45) is 0 Å². The van der Waals surface area contributed by atoms with Gasteiger partial charge < -0.3 is 24.3 Å². The molecule has 0 radical (unpaired) electrons. The molecule has 2 aromatic rings. The quantitative estimate of drug-likeness (QED) is 0.489. The first-order chi connectivity index (χ1) is 15.4. The van der Waals surface area contributed by atoms with E-state index in [0.29, 0.717) is 39.2 Å². The summed E-state index contributed by atoms with van der Waals surface area (Å²) in [6.45, 7) is 5.90. The molecule has 170 valence electrons. The monoisotopic (exact) mass is 456 g/mol. The molecule has 1 aliphatic rings. The molecule has 7 nitrogen and oxygen atoms in total. The number of benzene rings is 2. The zero-order valence-corrected chi connectivity index (χ0v) is 20.0. The topological polar surface area (TPSA) is 69.3 Å². The number of hydrogen-bond donors (Lipinski definition) is 1. The lowest BCUT2D eigenvalue weighted by atomic mass is 9.93. The number of carbonyl (C=O) groups excluding carboxylic acids is 1. The van der Waals surface area contributed by atoms with E-state index in [1.165, 1.54) is 0 Å². The summed E-state index contributed by atoms with van der Waals surface area (Å²) in [5, 5.41) is 3.76. The summed E-state index contributed by atoms with van der Waals surface area (Å²) in [6.07, 6.45) is 0. The van der Waals surface area contributed by atoms with Crippen molar-refractivity contribution in [2.75, 3.05) is 32.8 Å². The average molecular weight is 457 g/mol. The van der Waals surface area contributed by atoms with Crippen LogP contribution in [0, 0.1) is 6.92 Å². The van der Waals surface area contributed by atoms with E-state index in [2.05, 4.69) is 5.32 Å². The van der Waals surface area contributed by atoms with Crippen LogP contribution in [-0.4, -0.2) is 39.0 Å². The zero-order chi connectivity index (χ0) is 23.4. The largest absolute Gasteiger partial charge is 0.496 e. The van der Waals surface area contributed by atoms with Gasteiger partial charge in [0.05, 0.1) is 39.6 Å². The molecular formula is C24H28N2O5S. The molecule has 32 heavy (non-hydrogen) atoms. The lowest BCUT2D eigenvalue weighted by molar-refractivity contribution is -0.139. The smallest absolute Gasteiger partial charge is 0.338 e. The molecule has 0 saturated heterocycles. The number of esters is 1. The fourth-order valence-corrected chi connectivity index (χ4v) is 4.09. The Hall–Kier alpha value is -3.26. The molecule has 1 aliphatic heterocycles. The number of methoxy groups -OCH3 is 3. The molecule has 0 spiro atoms. The van der Waals surface area contributed by atoms with E-state index in [0.717, 1.165) is 11.3 Å². The van der Waals surface area contributed by atoms with Crippen LogP contribution in [-0.2, 0) is 9.53 Å². The Bertz CT molecular complexity index is 1050. The molecule has 0 amide bonds. The molecule has 1 heterocycles. The van der Waals surface area contributed by atoms with Crippen molar-refractivity contribution in [3.8, 4) is 17.2 Å². The maximum Gasteiger partial charge on any atom is 0.338 e. The Morgan fingerprint density at radius 3 is 2.16 bits per heavy atom. The van der Waals surface area contributed by atoms with Crippen LogP contribution in [0.25, 0.3) is 0 Å². The molecule has 2 aromatic carbocycles. The van der Waals surface area contributed by atoms with E-state index in [-0.39, 0.29) is 6.61 Å². The van der Waals surface area contributed by atoms with Gasteiger partial charge in [-0.3, -0.25) is 4.90 Å². The number of nitrogens with one attached hydrogen (secondary N) is 1. The number of aryl methyl sites for hydroxylation is 1. The summed E-state index contributed by atoms with van der Waals surface area (Å²) in [5.74, 6) is 1.13. The second-order valence-corrected chi connectivity index (χ2v) is 7.61. The van der Waals surface area contributed by atoms with Crippen LogP contribution in [0.5, 0.6) is 17.2 Å². The summed E-state index contributed by atoms with van der Waals surface area (Å²) < 4.78 is 21.9. The highest BCUT2D eigenvalue weighted by atomic mass is 32.1. The van der Waals surface area contributed by atoms with Gasteiger partial charge in [0.15, 0.2) is 16.6 Å². The molecule has 1 N–H and O–H groups in total. The Labute approximate surface area is 193 Å². The van der Waals surface area contributed by atoms with Gasteiger partial charge in [-0.2, -0.15) is 0 Å². The summed E-state index contributed by atoms with van der Waals surface area (Å²) in [5.41, 5.74) is 3.78. The number of rotatable bonds is 7. The Morgan fingerprint density at radius 1 is 1.00 bits per heavy atom. The molecule has 0 aromatic heterocycles. The first kappa shape index (κ1) is 23.4. The first-order valence-electron chi connectivity index (χ1n) is 10.2. The number of thiocarbonyl (C=S) groups is 1. The van der Waals surface area contributed by atoms with Crippen molar-refractivity contribution in [1.29, 1.82) is 0 Å². The van der Waals surface area contributed by atoms with Crippen LogP contribution in [0.15, 0.2) is 47.7 Å². The highest BCUT2D eigenvalue weighted by molar-refractivity contribution is 7.80. The highest BCUT2D eigenvalue weighted by Gasteiger charge is 2.37. The predicted octanol–water partition coefficient (Wildman–Crippen LogP) is 4.29. The van der Waals surface area contributed by atoms with E-state index in [1.807, 2.05) is 43.0 Å². The Morgan fingerprint density at radius 2 is 1.59 bits per heavy atom. The lowest BCUT2D eigenvalue weighted by Crippen LogP contribution is -2.48. The minimum Gasteiger partial charge on any atom is -0.496 e. The van der Waals surface area contributed by atoms with E-state index in [1.54, 1.807) is 40.4 Å². The molecule has 0 aliphatic carbocycles. The highest BCUT2D eigenvalue weighted by Crippen LogP contribution is 2.42. The number of anilines is 1. The van der Waals surface area contributed by atoms with E-state index in [4.69, 9.17) is 31.2 Å². The van der Waals surface area contributed by atoms with Crippen molar-refractivity contribution in [3.63, 3.8) is 0 Å². The molecule has 3 rings (SSSR count). The lowest BCUT2D eigenvalue weighted by Gasteiger charge is -2.38. The van der Waals surface area contributed by atoms with E-state index < -0.39 is 12.0 Å².